The molecular weight excluding hydrogens is 284 g/mol. The van der Waals surface area contributed by atoms with Crippen LogP contribution in [0, 0.1) is 5.92 Å². The summed E-state index contributed by atoms with van der Waals surface area (Å²) in [5, 5.41) is 0. The average molecular weight is 316 g/mol. The molecule has 2 unspecified atom stereocenters. The molecule has 0 bridgehead atoms. The van der Waals surface area contributed by atoms with E-state index in [1.807, 2.05) is 0 Å². The zero-order chi connectivity index (χ0) is 16.1. The summed E-state index contributed by atoms with van der Waals surface area (Å²) in [6, 6.07) is 9.24. The molecule has 0 N–H and O–H groups in total. The van der Waals surface area contributed by atoms with E-state index in [2.05, 4.69) is 41.0 Å². The van der Waals surface area contributed by atoms with Crippen molar-refractivity contribution in [1.82, 2.24) is 4.90 Å². The van der Waals surface area contributed by atoms with Gasteiger partial charge in [-0.2, -0.15) is 0 Å². The van der Waals surface area contributed by atoms with Crippen LogP contribution in [0.1, 0.15) is 45.4 Å². The van der Waals surface area contributed by atoms with Gasteiger partial charge in [0.25, 0.3) is 0 Å². The Hall–Kier alpha value is -1.22. The predicted molar refractivity (Wildman–Crippen MR) is 97.4 cm³/mol. The van der Waals surface area contributed by atoms with Crippen molar-refractivity contribution in [1.29, 1.82) is 0 Å². The van der Waals surface area contributed by atoms with Gasteiger partial charge in [-0.15, -0.1) is 0 Å². The lowest BCUT2D eigenvalue weighted by Crippen LogP contribution is -2.50. The number of benzene rings is 1. The minimum Gasteiger partial charge on any atom is -0.495 e. The van der Waals surface area contributed by atoms with Gasteiger partial charge in [0.2, 0.25) is 0 Å². The number of methoxy groups -OCH3 is 1. The molecule has 1 aromatic carbocycles. The van der Waals surface area contributed by atoms with Gasteiger partial charge in [-0.25, -0.2) is 0 Å². The number of rotatable bonds is 4. The molecule has 128 valence electrons. The molecule has 0 aromatic heterocycles. The Labute approximate surface area is 141 Å². The van der Waals surface area contributed by atoms with E-state index in [0.29, 0.717) is 0 Å². The first-order valence-electron chi connectivity index (χ1n) is 9.43. The molecule has 2 atom stereocenters. The van der Waals surface area contributed by atoms with Crippen molar-refractivity contribution >= 4 is 5.69 Å². The van der Waals surface area contributed by atoms with Crippen LogP contribution < -0.4 is 9.64 Å². The average Bonchev–Trinajstić information content (AvgIpc) is 2.87. The van der Waals surface area contributed by atoms with Crippen LogP contribution in [0.4, 0.5) is 5.69 Å². The Morgan fingerprint density at radius 2 is 1.78 bits per heavy atom. The minimum atomic E-state index is 0.822. The van der Waals surface area contributed by atoms with E-state index in [-0.39, 0.29) is 0 Å². The molecule has 2 fully saturated rings. The lowest BCUT2D eigenvalue weighted by atomic mass is 9.94. The van der Waals surface area contributed by atoms with Gasteiger partial charge in [-0.05, 0) is 30.9 Å². The highest BCUT2D eigenvalue weighted by atomic mass is 16.5. The van der Waals surface area contributed by atoms with Crippen LogP contribution in [0.15, 0.2) is 24.3 Å². The van der Waals surface area contributed by atoms with Crippen LogP contribution in [-0.4, -0.2) is 44.2 Å². The second kappa shape index (κ2) is 8.05. The SMILES string of the molecule is CCC1CCCCC(N2CCN(c3ccccc3OC)CC2)C1. The smallest absolute Gasteiger partial charge is 0.142 e. The van der Waals surface area contributed by atoms with Crippen molar-refractivity contribution in [3.63, 3.8) is 0 Å². The van der Waals surface area contributed by atoms with Crippen molar-refractivity contribution in [2.24, 2.45) is 5.92 Å². The summed E-state index contributed by atoms with van der Waals surface area (Å²) >= 11 is 0. The molecule has 1 aliphatic heterocycles. The normalized spacial score (nSPS) is 26.8. The van der Waals surface area contributed by atoms with Gasteiger partial charge in [0, 0.05) is 32.2 Å². The van der Waals surface area contributed by atoms with Gasteiger partial charge in [0.1, 0.15) is 5.75 Å². The van der Waals surface area contributed by atoms with E-state index in [1.165, 1.54) is 57.3 Å². The van der Waals surface area contributed by atoms with Gasteiger partial charge < -0.3 is 9.64 Å². The second-order valence-electron chi connectivity index (χ2n) is 7.14. The van der Waals surface area contributed by atoms with Crippen LogP contribution in [0.3, 0.4) is 0 Å². The number of piperazine rings is 1. The summed E-state index contributed by atoms with van der Waals surface area (Å²) in [7, 11) is 1.77. The summed E-state index contributed by atoms with van der Waals surface area (Å²) in [6.07, 6.45) is 8.51. The first-order valence-corrected chi connectivity index (χ1v) is 9.43. The van der Waals surface area contributed by atoms with E-state index >= 15 is 0 Å². The lowest BCUT2D eigenvalue weighted by molar-refractivity contribution is 0.155. The summed E-state index contributed by atoms with van der Waals surface area (Å²) in [4.78, 5) is 5.25. The number of nitrogens with zero attached hydrogens (tertiary/aromatic N) is 2. The Bertz CT molecular complexity index is 482. The molecule has 2 aliphatic rings. The fraction of sp³-hybridized carbons (Fsp3) is 0.700. The van der Waals surface area contributed by atoms with Crippen molar-refractivity contribution < 1.29 is 4.74 Å². The predicted octanol–water partition coefficient (Wildman–Crippen LogP) is 4.18. The number of anilines is 1. The first kappa shape index (κ1) is 16.6. The molecule has 1 saturated heterocycles. The lowest BCUT2D eigenvalue weighted by Gasteiger charge is -2.41. The van der Waals surface area contributed by atoms with Crippen LogP contribution in [0.2, 0.25) is 0 Å². The maximum atomic E-state index is 5.53. The minimum absolute atomic E-state index is 0.822. The van der Waals surface area contributed by atoms with Gasteiger partial charge in [0.15, 0.2) is 0 Å². The Morgan fingerprint density at radius 3 is 2.52 bits per heavy atom. The summed E-state index contributed by atoms with van der Waals surface area (Å²) in [5.74, 6) is 1.95. The van der Waals surface area contributed by atoms with E-state index in [0.717, 1.165) is 30.8 Å². The van der Waals surface area contributed by atoms with Crippen LogP contribution in [0.5, 0.6) is 5.75 Å². The number of hydrogen-bond donors (Lipinski definition) is 0. The third-order valence-corrected chi connectivity index (χ3v) is 5.84. The van der Waals surface area contributed by atoms with Crippen LogP contribution in [-0.2, 0) is 0 Å². The molecule has 0 amide bonds. The van der Waals surface area contributed by atoms with Crippen molar-refractivity contribution in [3.05, 3.63) is 24.3 Å². The summed E-state index contributed by atoms with van der Waals surface area (Å²) in [6.45, 7) is 6.99. The Balaban J connectivity index is 1.59. The van der Waals surface area contributed by atoms with Gasteiger partial charge in [0.05, 0.1) is 12.8 Å². The fourth-order valence-electron chi connectivity index (χ4n) is 4.35. The van der Waals surface area contributed by atoms with E-state index < -0.39 is 0 Å². The molecule has 1 aliphatic carbocycles. The molecule has 1 saturated carbocycles. The maximum absolute atomic E-state index is 5.53. The maximum Gasteiger partial charge on any atom is 0.142 e. The summed E-state index contributed by atoms with van der Waals surface area (Å²) in [5.41, 5.74) is 1.25. The standard InChI is InChI=1S/C20H32N2O/c1-3-17-8-4-5-9-18(16-17)21-12-14-22(15-13-21)19-10-6-7-11-20(19)23-2/h6-7,10-11,17-18H,3-5,8-9,12-16H2,1-2H3. The van der Waals surface area contributed by atoms with E-state index in [1.54, 1.807) is 7.11 Å². The van der Waals surface area contributed by atoms with Gasteiger partial charge in [-0.1, -0.05) is 44.7 Å². The quantitative estimate of drug-likeness (QED) is 0.775. The first-order chi connectivity index (χ1) is 11.3. The second-order valence-corrected chi connectivity index (χ2v) is 7.14. The highest BCUT2D eigenvalue weighted by molar-refractivity contribution is 5.58. The molecule has 3 heteroatoms. The fourth-order valence-corrected chi connectivity index (χ4v) is 4.35. The molecule has 0 spiro atoms. The highest BCUT2D eigenvalue weighted by Crippen LogP contribution is 2.31. The van der Waals surface area contributed by atoms with E-state index in [4.69, 9.17) is 4.74 Å². The number of ether oxygens (including phenoxy) is 1. The van der Waals surface area contributed by atoms with Gasteiger partial charge in [-0.3, -0.25) is 4.90 Å². The Morgan fingerprint density at radius 1 is 1.04 bits per heavy atom. The van der Waals surface area contributed by atoms with Crippen LogP contribution in [0.25, 0.3) is 0 Å². The van der Waals surface area contributed by atoms with Crippen molar-refractivity contribution in [2.45, 2.75) is 51.5 Å². The molecule has 0 radical (unpaired) electrons. The molecular formula is C20H32N2O. The Kier molecular flexibility index (Phi) is 5.82. The van der Waals surface area contributed by atoms with E-state index in [9.17, 15) is 0 Å². The zero-order valence-electron chi connectivity index (χ0n) is 14.8. The zero-order valence-corrected chi connectivity index (χ0v) is 14.8. The molecule has 1 aromatic rings. The van der Waals surface area contributed by atoms with Gasteiger partial charge >= 0.3 is 0 Å². The topological polar surface area (TPSA) is 15.7 Å². The largest absolute Gasteiger partial charge is 0.495 e. The van der Waals surface area contributed by atoms with Crippen LogP contribution >= 0.6 is 0 Å². The number of hydrogen-bond acceptors (Lipinski definition) is 3. The van der Waals surface area contributed by atoms with Crippen molar-refractivity contribution in [3.8, 4) is 5.75 Å². The number of para-hydroxylation sites is 2. The van der Waals surface area contributed by atoms with Crippen molar-refractivity contribution in [2.75, 3.05) is 38.2 Å². The molecule has 3 nitrogen and oxygen atoms in total. The third kappa shape index (κ3) is 4.00. The monoisotopic (exact) mass is 316 g/mol. The highest BCUT2D eigenvalue weighted by Gasteiger charge is 2.27. The summed E-state index contributed by atoms with van der Waals surface area (Å²) < 4.78 is 5.53. The third-order valence-electron chi connectivity index (χ3n) is 5.84. The molecule has 1 heterocycles. The molecule has 3 rings (SSSR count). The molecule has 23 heavy (non-hydrogen) atoms.